The molecule has 3 nitrogen and oxygen atoms in total. The van der Waals surface area contributed by atoms with E-state index >= 15 is 0 Å². The van der Waals surface area contributed by atoms with Crippen LogP contribution in [0.15, 0.2) is 30.3 Å². The van der Waals surface area contributed by atoms with Crippen LogP contribution in [0.2, 0.25) is 0 Å². The van der Waals surface area contributed by atoms with Gasteiger partial charge in [-0.3, -0.25) is 4.79 Å². The van der Waals surface area contributed by atoms with Crippen LogP contribution in [-0.4, -0.2) is 30.4 Å². The number of rotatable bonds is 8. The fraction of sp³-hybridized carbons (Fsp3) is 0.611. The van der Waals surface area contributed by atoms with Crippen LogP contribution in [0.25, 0.3) is 0 Å². The summed E-state index contributed by atoms with van der Waals surface area (Å²) in [5.41, 5.74) is 6.86. The van der Waals surface area contributed by atoms with Crippen LogP contribution in [0.3, 0.4) is 0 Å². The molecule has 1 heterocycles. The molecular weight excluding hydrogens is 296 g/mol. The average molecular weight is 325 g/mol. The molecule has 0 radical (unpaired) electrons. The van der Waals surface area contributed by atoms with Crippen molar-refractivity contribution >= 4 is 18.3 Å². The Kier molecular flexibility index (Phi) is 9.17. The topological polar surface area (TPSA) is 46.3 Å². The molecule has 2 N–H and O–H groups in total. The molecule has 1 atom stereocenters. The lowest BCUT2D eigenvalue weighted by molar-refractivity contribution is -0.130. The zero-order chi connectivity index (χ0) is 14.9. The summed E-state index contributed by atoms with van der Waals surface area (Å²) in [5.74, 6) is 0.979. The number of likely N-dealkylation sites (tertiary alicyclic amines) is 1. The summed E-state index contributed by atoms with van der Waals surface area (Å²) in [4.78, 5) is 14.2. The van der Waals surface area contributed by atoms with Crippen LogP contribution in [-0.2, 0) is 11.2 Å². The molecule has 1 amide bonds. The number of nitrogens with two attached hydrogens (primary N) is 1. The predicted octanol–water partition coefficient (Wildman–Crippen LogP) is 3.41. The molecule has 124 valence electrons. The molecule has 1 aromatic carbocycles. The third kappa shape index (κ3) is 6.37. The zero-order valence-electron chi connectivity index (χ0n) is 13.4. The van der Waals surface area contributed by atoms with Gasteiger partial charge in [0.2, 0.25) is 5.91 Å². The van der Waals surface area contributed by atoms with Gasteiger partial charge in [-0.25, -0.2) is 0 Å². The molecule has 0 aliphatic carbocycles. The highest BCUT2D eigenvalue weighted by atomic mass is 35.5. The minimum atomic E-state index is 0. The number of carbonyl (C=O) groups excluding carboxylic acids is 1. The summed E-state index contributed by atoms with van der Waals surface area (Å²) in [6.45, 7) is 2.65. The second kappa shape index (κ2) is 10.6. The van der Waals surface area contributed by atoms with Crippen molar-refractivity contribution in [1.82, 2.24) is 4.90 Å². The van der Waals surface area contributed by atoms with Gasteiger partial charge in [0.05, 0.1) is 0 Å². The quantitative estimate of drug-likeness (QED) is 0.745. The fourth-order valence-corrected chi connectivity index (χ4v) is 3.11. The second-order valence-electron chi connectivity index (χ2n) is 6.14. The summed E-state index contributed by atoms with van der Waals surface area (Å²) in [7, 11) is 0. The molecule has 1 aromatic rings. The van der Waals surface area contributed by atoms with E-state index in [-0.39, 0.29) is 12.4 Å². The van der Waals surface area contributed by atoms with Crippen LogP contribution < -0.4 is 5.73 Å². The molecule has 1 aliphatic rings. The van der Waals surface area contributed by atoms with E-state index in [9.17, 15) is 4.79 Å². The van der Waals surface area contributed by atoms with Crippen molar-refractivity contribution in [3.63, 3.8) is 0 Å². The lowest BCUT2D eigenvalue weighted by Gasteiger charge is -2.16. The summed E-state index contributed by atoms with van der Waals surface area (Å²) in [6.07, 6.45) is 7.33. The van der Waals surface area contributed by atoms with Gasteiger partial charge >= 0.3 is 0 Å². The maximum absolute atomic E-state index is 12.2. The monoisotopic (exact) mass is 324 g/mol. The molecule has 1 fully saturated rings. The summed E-state index contributed by atoms with van der Waals surface area (Å²) >= 11 is 0. The highest BCUT2D eigenvalue weighted by Crippen LogP contribution is 2.21. The van der Waals surface area contributed by atoms with E-state index in [2.05, 4.69) is 35.2 Å². The van der Waals surface area contributed by atoms with Gasteiger partial charge in [-0.15, -0.1) is 12.4 Å². The maximum atomic E-state index is 12.2. The maximum Gasteiger partial charge on any atom is 0.222 e. The van der Waals surface area contributed by atoms with E-state index < -0.39 is 0 Å². The van der Waals surface area contributed by atoms with Crippen LogP contribution >= 0.6 is 12.4 Å². The van der Waals surface area contributed by atoms with Crippen molar-refractivity contribution in [3.05, 3.63) is 35.9 Å². The van der Waals surface area contributed by atoms with Gasteiger partial charge in [-0.2, -0.15) is 0 Å². The van der Waals surface area contributed by atoms with E-state index in [1.165, 1.54) is 5.56 Å². The zero-order valence-corrected chi connectivity index (χ0v) is 14.2. The molecule has 0 bridgehead atoms. The van der Waals surface area contributed by atoms with Crippen molar-refractivity contribution < 1.29 is 4.79 Å². The Balaban J connectivity index is 0.00000242. The average Bonchev–Trinajstić information content (AvgIpc) is 2.96. The molecule has 0 saturated carbocycles. The molecule has 1 saturated heterocycles. The summed E-state index contributed by atoms with van der Waals surface area (Å²) < 4.78 is 0. The van der Waals surface area contributed by atoms with Gasteiger partial charge in [0.25, 0.3) is 0 Å². The van der Waals surface area contributed by atoms with E-state index in [4.69, 9.17) is 5.73 Å². The SMILES string of the molecule is Cl.NCCCCCCC(=O)N1CCC(Cc2ccccc2)C1. The molecule has 22 heavy (non-hydrogen) atoms. The molecule has 0 spiro atoms. The van der Waals surface area contributed by atoms with Crippen LogP contribution in [0.1, 0.15) is 44.1 Å². The lowest BCUT2D eigenvalue weighted by atomic mass is 9.99. The van der Waals surface area contributed by atoms with Gasteiger partial charge < -0.3 is 10.6 Å². The molecule has 2 rings (SSSR count). The summed E-state index contributed by atoms with van der Waals surface area (Å²) in [6, 6.07) is 10.6. The minimum absolute atomic E-state index is 0. The number of amides is 1. The van der Waals surface area contributed by atoms with Gasteiger partial charge in [0, 0.05) is 19.5 Å². The van der Waals surface area contributed by atoms with Crippen molar-refractivity contribution in [2.45, 2.75) is 44.9 Å². The number of nitrogens with zero attached hydrogens (tertiary/aromatic N) is 1. The third-order valence-corrected chi connectivity index (χ3v) is 4.35. The van der Waals surface area contributed by atoms with Crippen LogP contribution in [0.4, 0.5) is 0 Å². The third-order valence-electron chi connectivity index (χ3n) is 4.35. The molecule has 1 aliphatic heterocycles. The second-order valence-corrected chi connectivity index (χ2v) is 6.14. The van der Waals surface area contributed by atoms with Crippen LogP contribution in [0, 0.1) is 5.92 Å². The minimum Gasteiger partial charge on any atom is -0.342 e. The van der Waals surface area contributed by atoms with Crippen LogP contribution in [0.5, 0.6) is 0 Å². The van der Waals surface area contributed by atoms with Crippen molar-refractivity contribution in [2.75, 3.05) is 19.6 Å². The number of hydrogen-bond donors (Lipinski definition) is 1. The first-order valence-electron chi connectivity index (χ1n) is 8.31. The van der Waals surface area contributed by atoms with Gasteiger partial charge in [0.15, 0.2) is 0 Å². The predicted molar refractivity (Wildman–Crippen MR) is 94.2 cm³/mol. The Morgan fingerprint density at radius 1 is 1.14 bits per heavy atom. The first kappa shape index (κ1) is 19.0. The number of carbonyl (C=O) groups is 1. The highest BCUT2D eigenvalue weighted by Gasteiger charge is 2.25. The normalized spacial score (nSPS) is 17.3. The Labute approximate surface area is 140 Å². The smallest absolute Gasteiger partial charge is 0.222 e. The Hall–Kier alpha value is -1.06. The van der Waals surface area contributed by atoms with E-state index in [0.29, 0.717) is 18.2 Å². The standard InChI is InChI=1S/C18H28N2O.ClH/c19-12-7-2-1-6-10-18(21)20-13-11-17(15-20)14-16-8-4-3-5-9-16;/h3-5,8-9,17H,1-2,6-7,10-15,19H2;1H. The largest absolute Gasteiger partial charge is 0.342 e. The summed E-state index contributed by atoms with van der Waals surface area (Å²) in [5, 5.41) is 0. The number of unbranched alkanes of at least 4 members (excludes halogenated alkanes) is 3. The Bertz CT molecular complexity index is 424. The van der Waals surface area contributed by atoms with Crippen molar-refractivity contribution in [3.8, 4) is 0 Å². The first-order chi connectivity index (χ1) is 10.3. The van der Waals surface area contributed by atoms with Gasteiger partial charge in [-0.1, -0.05) is 43.2 Å². The van der Waals surface area contributed by atoms with Gasteiger partial charge in [0.1, 0.15) is 0 Å². The molecule has 4 heteroatoms. The van der Waals surface area contributed by atoms with E-state index in [0.717, 1.165) is 58.2 Å². The van der Waals surface area contributed by atoms with E-state index in [1.807, 2.05) is 0 Å². The Morgan fingerprint density at radius 3 is 2.59 bits per heavy atom. The molecule has 0 aromatic heterocycles. The van der Waals surface area contributed by atoms with Crippen molar-refractivity contribution in [1.29, 1.82) is 0 Å². The highest BCUT2D eigenvalue weighted by molar-refractivity contribution is 5.85. The number of hydrogen-bond acceptors (Lipinski definition) is 2. The van der Waals surface area contributed by atoms with E-state index in [1.54, 1.807) is 0 Å². The Morgan fingerprint density at radius 2 is 1.86 bits per heavy atom. The van der Waals surface area contributed by atoms with Gasteiger partial charge in [-0.05, 0) is 43.7 Å². The number of benzene rings is 1. The molecular formula is C18H29ClN2O. The number of halogens is 1. The fourth-order valence-electron chi connectivity index (χ4n) is 3.11. The first-order valence-corrected chi connectivity index (χ1v) is 8.31. The van der Waals surface area contributed by atoms with Crippen molar-refractivity contribution in [2.24, 2.45) is 11.7 Å². The molecule has 1 unspecified atom stereocenters. The lowest BCUT2D eigenvalue weighted by Crippen LogP contribution is -2.28.